The second-order valence-corrected chi connectivity index (χ2v) is 5.71. The normalized spacial score (nSPS) is 12.2. The van der Waals surface area contributed by atoms with E-state index in [2.05, 4.69) is 28.2 Å². The Hall–Kier alpha value is -0.870. The summed E-state index contributed by atoms with van der Waals surface area (Å²) in [7, 11) is 0. The summed E-state index contributed by atoms with van der Waals surface area (Å²) in [6.45, 7) is 4.84. The van der Waals surface area contributed by atoms with Crippen LogP contribution >= 0.6 is 15.9 Å². The Bertz CT molecular complexity index is 421. The zero-order valence-corrected chi connectivity index (χ0v) is 13.3. The Morgan fingerprint density at radius 1 is 1.42 bits per heavy atom. The van der Waals surface area contributed by atoms with Crippen molar-refractivity contribution in [3.63, 3.8) is 0 Å². The minimum atomic E-state index is 0.0803. The molecule has 0 heterocycles. The van der Waals surface area contributed by atoms with Crippen molar-refractivity contribution in [2.75, 3.05) is 11.9 Å². The Kier molecular flexibility index (Phi) is 7.10. The van der Waals surface area contributed by atoms with Gasteiger partial charge in [0.25, 0.3) is 0 Å². The highest BCUT2D eigenvalue weighted by molar-refractivity contribution is 9.10. The highest BCUT2D eigenvalue weighted by Crippen LogP contribution is 2.24. The Balaban J connectivity index is 2.49. The molecule has 1 aromatic carbocycles. The molecule has 0 saturated heterocycles. The van der Waals surface area contributed by atoms with Gasteiger partial charge in [0.2, 0.25) is 5.91 Å². The van der Waals surface area contributed by atoms with Gasteiger partial charge < -0.3 is 11.1 Å². The average Bonchev–Trinajstić information content (AvgIpc) is 2.40. The zero-order chi connectivity index (χ0) is 14.3. The van der Waals surface area contributed by atoms with Gasteiger partial charge in [-0.2, -0.15) is 0 Å². The van der Waals surface area contributed by atoms with Gasteiger partial charge in [-0.25, -0.2) is 0 Å². The fraction of sp³-hybridized carbons (Fsp3) is 0.533. The van der Waals surface area contributed by atoms with Crippen LogP contribution in [-0.2, 0) is 4.79 Å². The SMILES string of the molecule is CCC(CCN)CCC(=O)Nc1cccc(Br)c1C. The predicted octanol–water partition coefficient (Wildman–Crippen LogP) is 3.85. The molecule has 1 aromatic rings. The number of hydrogen-bond acceptors (Lipinski definition) is 2. The monoisotopic (exact) mass is 326 g/mol. The third-order valence-electron chi connectivity index (χ3n) is 3.47. The first-order valence-corrected chi connectivity index (χ1v) is 7.62. The minimum Gasteiger partial charge on any atom is -0.330 e. The van der Waals surface area contributed by atoms with Gasteiger partial charge in [0.05, 0.1) is 0 Å². The van der Waals surface area contributed by atoms with Crippen LogP contribution in [0, 0.1) is 12.8 Å². The molecule has 0 spiro atoms. The fourth-order valence-corrected chi connectivity index (χ4v) is 2.45. The molecule has 1 amide bonds. The van der Waals surface area contributed by atoms with Crippen molar-refractivity contribution < 1.29 is 4.79 Å². The zero-order valence-electron chi connectivity index (χ0n) is 11.7. The van der Waals surface area contributed by atoms with E-state index >= 15 is 0 Å². The van der Waals surface area contributed by atoms with Crippen molar-refractivity contribution in [2.24, 2.45) is 11.7 Å². The lowest BCUT2D eigenvalue weighted by Gasteiger charge is -2.14. The minimum absolute atomic E-state index is 0.0803. The second-order valence-electron chi connectivity index (χ2n) is 4.85. The van der Waals surface area contributed by atoms with E-state index in [0.29, 0.717) is 18.9 Å². The number of rotatable bonds is 7. The molecule has 0 radical (unpaired) electrons. The molecule has 106 valence electrons. The standard InChI is InChI=1S/C15H23BrN2O/c1-3-12(9-10-17)7-8-15(19)18-14-6-4-5-13(16)11(14)2/h4-6,12H,3,7-10,17H2,1-2H3,(H,18,19). The van der Waals surface area contributed by atoms with Gasteiger partial charge in [0.1, 0.15) is 0 Å². The maximum absolute atomic E-state index is 11.9. The lowest BCUT2D eigenvalue weighted by molar-refractivity contribution is -0.116. The number of nitrogens with two attached hydrogens (primary N) is 1. The molecule has 0 fully saturated rings. The van der Waals surface area contributed by atoms with E-state index < -0.39 is 0 Å². The Morgan fingerprint density at radius 3 is 2.79 bits per heavy atom. The first-order chi connectivity index (χ1) is 9.08. The molecular formula is C15H23BrN2O. The van der Waals surface area contributed by atoms with Crippen LogP contribution in [0.1, 0.15) is 38.2 Å². The van der Waals surface area contributed by atoms with E-state index in [1.54, 1.807) is 0 Å². The molecule has 1 atom stereocenters. The van der Waals surface area contributed by atoms with Crippen molar-refractivity contribution in [1.82, 2.24) is 0 Å². The summed E-state index contributed by atoms with van der Waals surface area (Å²) in [6.07, 6.45) is 3.55. The van der Waals surface area contributed by atoms with Crippen molar-refractivity contribution in [3.8, 4) is 0 Å². The molecule has 3 nitrogen and oxygen atoms in total. The van der Waals surface area contributed by atoms with Gasteiger partial charge in [0.15, 0.2) is 0 Å². The number of amides is 1. The van der Waals surface area contributed by atoms with Crippen LogP contribution in [0.4, 0.5) is 5.69 Å². The second kappa shape index (κ2) is 8.33. The summed E-state index contributed by atoms with van der Waals surface area (Å²) in [6, 6.07) is 5.82. The predicted molar refractivity (Wildman–Crippen MR) is 84.2 cm³/mol. The third kappa shape index (κ3) is 5.33. The van der Waals surface area contributed by atoms with Crippen LogP contribution in [-0.4, -0.2) is 12.5 Å². The highest BCUT2D eigenvalue weighted by atomic mass is 79.9. The number of benzene rings is 1. The molecule has 0 aliphatic carbocycles. The van der Waals surface area contributed by atoms with Gasteiger partial charge in [-0.1, -0.05) is 35.3 Å². The van der Waals surface area contributed by atoms with Gasteiger partial charge in [0, 0.05) is 16.6 Å². The van der Waals surface area contributed by atoms with E-state index in [1.165, 1.54) is 0 Å². The van der Waals surface area contributed by atoms with Crippen LogP contribution in [0.5, 0.6) is 0 Å². The summed E-state index contributed by atoms with van der Waals surface area (Å²) in [4.78, 5) is 11.9. The Morgan fingerprint density at radius 2 is 2.16 bits per heavy atom. The molecule has 0 aliphatic heterocycles. The van der Waals surface area contributed by atoms with E-state index in [9.17, 15) is 4.79 Å². The molecule has 1 unspecified atom stereocenters. The van der Waals surface area contributed by atoms with Crippen LogP contribution < -0.4 is 11.1 Å². The molecule has 0 aliphatic rings. The number of carbonyl (C=O) groups excluding carboxylic acids is 1. The smallest absolute Gasteiger partial charge is 0.224 e. The summed E-state index contributed by atoms with van der Waals surface area (Å²) in [5.74, 6) is 0.635. The van der Waals surface area contributed by atoms with E-state index in [4.69, 9.17) is 5.73 Å². The van der Waals surface area contributed by atoms with Crippen LogP contribution in [0.25, 0.3) is 0 Å². The number of anilines is 1. The average molecular weight is 327 g/mol. The van der Waals surface area contributed by atoms with Crippen molar-refractivity contribution in [1.29, 1.82) is 0 Å². The lowest BCUT2D eigenvalue weighted by Crippen LogP contribution is -2.15. The van der Waals surface area contributed by atoms with Crippen molar-refractivity contribution >= 4 is 27.5 Å². The van der Waals surface area contributed by atoms with Crippen molar-refractivity contribution in [3.05, 3.63) is 28.2 Å². The van der Waals surface area contributed by atoms with Crippen LogP contribution in [0.3, 0.4) is 0 Å². The van der Waals surface area contributed by atoms with Crippen LogP contribution in [0.2, 0.25) is 0 Å². The fourth-order valence-electron chi connectivity index (χ4n) is 2.08. The molecule has 19 heavy (non-hydrogen) atoms. The number of halogens is 1. The third-order valence-corrected chi connectivity index (χ3v) is 4.33. The first kappa shape index (κ1) is 16.2. The maximum atomic E-state index is 11.9. The summed E-state index contributed by atoms with van der Waals surface area (Å²) >= 11 is 3.46. The molecule has 0 bridgehead atoms. The topological polar surface area (TPSA) is 55.1 Å². The molecule has 0 aromatic heterocycles. The quantitative estimate of drug-likeness (QED) is 0.799. The van der Waals surface area contributed by atoms with Gasteiger partial charge in [-0.05, 0) is 49.9 Å². The first-order valence-electron chi connectivity index (χ1n) is 6.83. The largest absolute Gasteiger partial charge is 0.330 e. The number of carbonyl (C=O) groups is 1. The highest BCUT2D eigenvalue weighted by Gasteiger charge is 2.10. The number of nitrogens with one attached hydrogen (secondary N) is 1. The van der Waals surface area contributed by atoms with E-state index in [-0.39, 0.29) is 5.91 Å². The van der Waals surface area contributed by atoms with E-state index in [0.717, 1.165) is 35.0 Å². The van der Waals surface area contributed by atoms with Crippen molar-refractivity contribution in [2.45, 2.75) is 39.5 Å². The molecule has 4 heteroatoms. The molecular weight excluding hydrogens is 304 g/mol. The lowest BCUT2D eigenvalue weighted by atomic mass is 9.96. The summed E-state index contributed by atoms with van der Waals surface area (Å²) in [5, 5.41) is 2.97. The number of hydrogen-bond donors (Lipinski definition) is 2. The van der Waals surface area contributed by atoms with Gasteiger partial charge >= 0.3 is 0 Å². The van der Waals surface area contributed by atoms with Gasteiger partial charge in [-0.3, -0.25) is 4.79 Å². The summed E-state index contributed by atoms with van der Waals surface area (Å²) in [5.41, 5.74) is 7.51. The molecule has 1 rings (SSSR count). The van der Waals surface area contributed by atoms with Gasteiger partial charge in [-0.15, -0.1) is 0 Å². The molecule has 3 N–H and O–H groups in total. The van der Waals surface area contributed by atoms with E-state index in [1.807, 2.05) is 25.1 Å². The maximum Gasteiger partial charge on any atom is 0.224 e. The molecule has 0 saturated carbocycles. The Labute approximate surface area is 124 Å². The van der Waals surface area contributed by atoms with Crippen LogP contribution in [0.15, 0.2) is 22.7 Å². The summed E-state index contributed by atoms with van der Waals surface area (Å²) < 4.78 is 1.01.